The van der Waals surface area contributed by atoms with Crippen LogP contribution < -0.4 is 0 Å². The summed E-state index contributed by atoms with van der Waals surface area (Å²) in [5.41, 5.74) is -1.40. The third-order valence-corrected chi connectivity index (χ3v) is 4.48. The van der Waals surface area contributed by atoms with Crippen LogP contribution in [0.3, 0.4) is 0 Å². The van der Waals surface area contributed by atoms with Crippen LogP contribution >= 0.6 is 0 Å². The minimum absolute atomic E-state index is 0.000497. The largest absolute Gasteiger partial charge is 0.479 e. The molecule has 2 N–H and O–H groups in total. The molecule has 26 heavy (non-hydrogen) atoms. The fourth-order valence-corrected chi connectivity index (χ4v) is 3.07. The first-order chi connectivity index (χ1) is 12.3. The fourth-order valence-electron chi connectivity index (χ4n) is 3.07. The standard InChI is InChI=1S/C19H15NO6/c1-19(18(25)26,10-11-5-3-2-4-6-11)20-15(21)13-8-7-12(17(23)24)9-14(13)16(20)22/h2-9H,10H2,1H3,(H,23,24)(H,25,26)/t19-/m1/s1. The van der Waals surface area contributed by atoms with E-state index in [1.54, 1.807) is 30.3 Å². The zero-order valence-corrected chi connectivity index (χ0v) is 13.8. The number of aromatic carboxylic acids is 1. The van der Waals surface area contributed by atoms with E-state index in [0.29, 0.717) is 10.5 Å². The van der Waals surface area contributed by atoms with Gasteiger partial charge in [-0.1, -0.05) is 30.3 Å². The van der Waals surface area contributed by atoms with Crippen LogP contribution in [0.1, 0.15) is 43.6 Å². The molecule has 2 amide bonds. The number of aliphatic carboxylic acids is 1. The summed E-state index contributed by atoms with van der Waals surface area (Å²) in [6.45, 7) is 1.31. The summed E-state index contributed by atoms with van der Waals surface area (Å²) in [7, 11) is 0. The predicted molar refractivity (Wildman–Crippen MR) is 90.1 cm³/mol. The van der Waals surface area contributed by atoms with Gasteiger partial charge in [0, 0.05) is 6.42 Å². The number of nitrogens with zero attached hydrogens (tertiary/aromatic N) is 1. The number of imide groups is 1. The third-order valence-electron chi connectivity index (χ3n) is 4.48. The Morgan fingerprint density at radius 1 is 0.962 bits per heavy atom. The van der Waals surface area contributed by atoms with Gasteiger partial charge in [-0.3, -0.25) is 14.5 Å². The van der Waals surface area contributed by atoms with Gasteiger partial charge in [-0.15, -0.1) is 0 Å². The van der Waals surface area contributed by atoms with Crippen LogP contribution in [0, 0.1) is 0 Å². The molecular weight excluding hydrogens is 338 g/mol. The van der Waals surface area contributed by atoms with Crippen LogP contribution in [0.15, 0.2) is 48.5 Å². The number of carbonyl (C=O) groups excluding carboxylic acids is 2. The molecule has 0 unspecified atom stereocenters. The monoisotopic (exact) mass is 353 g/mol. The first-order valence-electron chi connectivity index (χ1n) is 7.79. The van der Waals surface area contributed by atoms with Gasteiger partial charge in [0.25, 0.3) is 11.8 Å². The average molecular weight is 353 g/mol. The molecule has 0 saturated carbocycles. The van der Waals surface area contributed by atoms with Crippen molar-refractivity contribution in [3.63, 3.8) is 0 Å². The molecule has 0 radical (unpaired) electrons. The van der Waals surface area contributed by atoms with Gasteiger partial charge >= 0.3 is 11.9 Å². The van der Waals surface area contributed by atoms with Crippen LogP contribution in [-0.4, -0.2) is 44.4 Å². The highest BCUT2D eigenvalue weighted by Gasteiger charge is 2.51. The molecule has 0 fully saturated rings. The lowest BCUT2D eigenvalue weighted by Crippen LogP contribution is -2.56. The SMILES string of the molecule is C[C@@](Cc1ccccc1)(C(=O)O)N1C(=O)c2ccc(C(=O)O)cc2C1=O. The van der Waals surface area contributed by atoms with Crippen LogP contribution in [0.5, 0.6) is 0 Å². The van der Waals surface area contributed by atoms with Gasteiger partial charge < -0.3 is 10.2 Å². The molecule has 0 bridgehead atoms. The quantitative estimate of drug-likeness (QED) is 0.796. The molecule has 0 aliphatic carbocycles. The highest BCUT2D eigenvalue weighted by molar-refractivity contribution is 6.23. The molecule has 1 atom stereocenters. The van der Waals surface area contributed by atoms with Crippen LogP contribution in [0.2, 0.25) is 0 Å². The van der Waals surface area contributed by atoms with Crippen LogP contribution in [0.4, 0.5) is 0 Å². The van der Waals surface area contributed by atoms with Gasteiger partial charge in [0.05, 0.1) is 16.7 Å². The maximum Gasteiger partial charge on any atom is 0.335 e. The molecule has 3 rings (SSSR count). The molecule has 2 aromatic carbocycles. The van der Waals surface area contributed by atoms with Gasteiger partial charge in [-0.2, -0.15) is 0 Å². The van der Waals surface area contributed by atoms with E-state index in [2.05, 4.69) is 0 Å². The maximum absolute atomic E-state index is 12.8. The minimum atomic E-state index is -1.81. The van der Waals surface area contributed by atoms with Crippen molar-refractivity contribution in [2.45, 2.75) is 18.9 Å². The van der Waals surface area contributed by atoms with E-state index in [0.717, 1.165) is 6.07 Å². The van der Waals surface area contributed by atoms with Crippen molar-refractivity contribution in [1.29, 1.82) is 0 Å². The first-order valence-corrected chi connectivity index (χ1v) is 7.79. The fraction of sp³-hybridized carbons (Fsp3) is 0.158. The van der Waals surface area contributed by atoms with Crippen molar-refractivity contribution in [3.05, 3.63) is 70.8 Å². The molecule has 0 saturated heterocycles. The lowest BCUT2D eigenvalue weighted by Gasteiger charge is -2.33. The molecule has 132 valence electrons. The normalized spacial score (nSPS) is 15.5. The van der Waals surface area contributed by atoms with Crippen molar-refractivity contribution >= 4 is 23.8 Å². The molecule has 1 aliphatic heterocycles. The van der Waals surface area contributed by atoms with E-state index >= 15 is 0 Å². The second-order valence-electron chi connectivity index (χ2n) is 6.25. The summed E-state index contributed by atoms with van der Waals surface area (Å²) in [6, 6.07) is 12.2. The van der Waals surface area contributed by atoms with Gasteiger partial charge in [-0.25, -0.2) is 9.59 Å². The summed E-state index contributed by atoms with van der Waals surface area (Å²) in [6.07, 6.45) is -0.0690. The number of carboxylic acids is 2. The maximum atomic E-state index is 12.8. The lowest BCUT2D eigenvalue weighted by atomic mass is 9.91. The second kappa shape index (κ2) is 6.11. The predicted octanol–water partition coefficient (Wildman–Crippen LogP) is 2.07. The van der Waals surface area contributed by atoms with Crippen LogP contribution in [0.25, 0.3) is 0 Å². The van der Waals surface area contributed by atoms with Crippen molar-refractivity contribution in [1.82, 2.24) is 4.90 Å². The van der Waals surface area contributed by atoms with E-state index < -0.39 is 29.3 Å². The Balaban J connectivity index is 2.06. The van der Waals surface area contributed by atoms with Gasteiger partial charge in [0.2, 0.25) is 0 Å². The summed E-state index contributed by atoms with van der Waals surface area (Å²) < 4.78 is 0. The number of hydrogen-bond acceptors (Lipinski definition) is 4. The van der Waals surface area contributed by atoms with Crippen molar-refractivity contribution in [2.24, 2.45) is 0 Å². The van der Waals surface area contributed by atoms with Gasteiger partial charge in [-0.05, 0) is 30.7 Å². The third kappa shape index (κ3) is 2.63. The Morgan fingerprint density at radius 2 is 1.58 bits per heavy atom. The molecular formula is C19H15NO6. The molecule has 1 heterocycles. The molecule has 2 aromatic rings. The second-order valence-corrected chi connectivity index (χ2v) is 6.25. The summed E-state index contributed by atoms with van der Waals surface area (Å²) in [5.74, 6) is -4.12. The zero-order valence-electron chi connectivity index (χ0n) is 13.8. The number of carboxylic acid groups (broad SMARTS) is 2. The van der Waals surface area contributed by atoms with Crippen molar-refractivity contribution in [2.75, 3.05) is 0 Å². The highest BCUT2D eigenvalue weighted by Crippen LogP contribution is 2.32. The van der Waals surface area contributed by atoms with E-state index in [1.807, 2.05) is 0 Å². The smallest absolute Gasteiger partial charge is 0.335 e. The van der Waals surface area contributed by atoms with Gasteiger partial charge in [0.15, 0.2) is 0 Å². The molecule has 7 nitrogen and oxygen atoms in total. The van der Waals surface area contributed by atoms with E-state index in [-0.39, 0.29) is 23.1 Å². The summed E-state index contributed by atoms with van der Waals surface area (Å²) in [5, 5.41) is 18.8. The number of fused-ring (bicyclic) bond motifs is 1. The number of carbonyl (C=O) groups is 4. The van der Waals surface area contributed by atoms with Gasteiger partial charge in [0.1, 0.15) is 5.54 Å². The molecule has 0 aromatic heterocycles. The van der Waals surface area contributed by atoms with E-state index in [1.165, 1.54) is 19.1 Å². The zero-order chi connectivity index (χ0) is 19.1. The topological polar surface area (TPSA) is 112 Å². The lowest BCUT2D eigenvalue weighted by molar-refractivity contribution is -0.147. The Labute approximate surface area is 148 Å². The molecule has 7 heteroatoms. The Hall–Kier alpha value is -3.48. The molecule has 0 spiro atoms. The highest BCUT2D eigenvalue weighted by atomic mass is 16.4. The number of benzene rings is 2. The minimum Gasteiger partial charge on any atom is -0.479 e. The molecule has 1 aliphatic rings. The Bertz CT molecular complexity index is 936. The Kier molecular flexibility index (Phi) is 4.07. The number of amides is 2. The van der Waals surface area contributed by atoms with Crippen LogP contribution in [-0.2, 0) is 11.2 Å². The average Bonchev–Trinajstić information content (AvgIpc) is 2.86. The number of rotatable bonds is 5. The summed E-state index contributed by atoms with van der Waals surface area (Å²) >= 11 is 0. The number of hydrogen-bond donors (Lipinski definition) is 2. The summed E-state index contributed by atoms with van der Waals surface area (Å²) in [4.78, 5) is 49.3. The van der Waals surface area contributed by atoms with Crippen molar-refractivity contribution < 1.29 is 29.4 Å². The van der Waals surface area contributed by atoms with Crippen molar-refractivity contribution in [3.8, 4) is 0 Å². The Morgan fingerprint density at radius 3 is 2.15 bits per heavy atom. The van der Waals surface area contributed by atoms with E-state index in [4.69, 9.17) is 5.11 Å². The first kappa shape index (κ1) is 17.3. The van der Waals surface area contributed by atoms with E-state index in [9.17, 15) is 24.3 Å².